The Kier molecular flexibility index (Phi) is 7.53. The van der Waals surface area contributed by atoms with Crippen LogP contribution < -0.4 is 10.6 Å². The van der Waals surface area contributed by atoms with Crippen molar-refractivity contribution in [2.75, 3.05) is 12.4 Å². The standard InChI is InChI=1S/C22H17F5N2O3/c1-4-18(19(5-2)32-3)29-21(31)22(26,27)14-10-12(6-8-15(14)23)20(30)28-13-7-9-16(24)17(25)11-13/h4-11H,1-2H2,3H3,(H,28,30)(H,29,31)/b19-18-. The number of halogens is 5. The fourth-order valence-electron chi connectivity index (χ4n) is 2.52. The number of rotatable bonds is 8. The van der Waals surface area contributed by atoms with Gasteiger partial charge in [-0.05, 0) is 42.5 Å². The molecule has 2 aromatic carbocycles. The Morgan fingerprint density at radius 1 is 0.969 bits per heavy atom. The van der Waals surface area contributed by atoms with Crippen LogP contribution in [-0.2, 0) is 15.5 Å². The highest BCUT2D eigenvalue weighted by Crippen LogP contribution is 2.32. The number of hydrogen-bond donors (Lipinski definition) is 2. The fourth-order valence-corrected chi connectivity index (χ4v) is 2.52. The Bertz CT molecular complexity index is 1110. The lowest BCUT2D eigenvalue weighted by Crippen LogP contribution is -2.38. The predicted octanol–water partition coefficient (Wildman–Crippen LogP) is 4.79. The monoisotopic (exact) mass is 452 g/mol. The van der Waals surface area contributed by atoms with E-state index in [9.17, 15) is 31.5 Å². The number of alkyl halides is 2. The smallest absolute Gasteiger partial charge is 0.352 e. The van der Waals surface area contributed by atoms with E-state index in [0.29, 0.717) is 18.2 Å². The fraction of sp³-hybridized carbons (Fsp3) is 0.0909. The van der Waals surface area contributed by atoms with Crippen molar-refractivity contribution in [2.45, 2.75) is 5.92 Å². The largest absolute Gasteiger partial charge is 0.495 e. The molecule has 32 heavy (non-hydrogen) atoms. The second-order valence-corrected chi connectivity index (χ2v) is 6.20. The van der Waals surface area contributed by atoms with Crippen molar-refractivity contribution in [3.63, 3.8) is 0 Å². The number of amides is 2. The lowest BCUT2D eigenvalue weighted by molar-refractivity contribution is -0.146. The SMILES string of the molecule is C=C/C(NC(=O)C(F)(F)c1cc(C(=O)Nc2ccc(F)c(F)c2)ccc1F)=C(\C=C)OC. The van der Waals surface area contributed by atoms with Crippen molar-refractivity contribution in [1.29, 1.82) is 0 Å². The molecule has 0 atom stereocenters. The van der Waals surface area contributed by atoms with Crippen LogP contribution in [0.5, 0.6) is 0 Å². The summed E-state index contributed by atoms with van der Waals surface area (Å²) in [5.74, 6) is -11.3. The molecular weight excluding hydrogens is 435 g/mol. The minimum atomic E-state index is -4.41. The van der Waals surface area contributed by atoms with Gasteiger partial charge in [-0.25, -0.2) is 13.2 Å². The summed E-state index contributed by atoms with van der Waals surface area (Å²) in [6.07, 6.45) is 2.16. The molecule has 0 aliphatic heterocycles. The van der Waals surface area contributed by atoms with E-state index in [1.807, 2.05) is 5.32 Å². The van der Waals surface area contributed by atoms with Crippen LogP contribution in [0.4, 0.5) is 27.6 Å². The first-order valence-corrected chi connectivity index (χ1v) is 8.84. The zero-order valence-corrected chi connectivity index (χ0v) is 16.6. The molecular formula is C22H17F5N2O3. The molecule has 0 saturated carbocycles. The second-order valence-electron chi connectivity index (χ2n) is 6.20. The Balaban J connectivity index is 2.35. The van der Waals surface area contributed by atoms with Gasteiger partial charge in [-0.3, -0.25) is 9.59 Å². The van der Waals surface area contributed by atoms with Crippen molar-refractivity contribution < 1.29 is 36.3 Å². The minimum Gasteiger partial charge on any atom is -0.495 e. The maximum atomic E-state index is 14.7. The first-order valence-electron chi connectivity index (χ1n) is 8.84. The summed E-state index contributed by atoms with van der Waals surface area (Å²) in [6.45, 7) is 6.77. The average molecular weight is 452 g/mol. The molecule has 0 unspecified atom stereocenters. The summed E-state index contributed by atoms with van der Waals surface area (Å²) < 4.78 is 74.8. The van der Waals surface area contributed by atoms with Crippen LogP contribution in [-0.4, -0.2) is 18.9 Å². The number of ether oxygens (including phenoxy) is 1. The highest BCUT2D eigenvalue weighted by atomic mass is 19.3. The minimum absolute atomic E-state index is 0.0655. The van der Waals surface area contributed by atoms with Gasteiger partial charge in [-0.2, -0.15) is 8.78 Å². The third-order valence-electron chi connectivity index (χ3n) is 4.15. The van der Waals surface area contributed by atoms with E-state index in [1.54, 1.807) is 0 Å². The summed E-state index contributed by atoms with van der Waals surface area (Å²) in [6, 6.07) is 4.41. The highest BCUT2D eigenvalue weighted by molar-refractivity contribution is 6.04. The van der Waals surface area contributed by atoms with Crippen molar-refractivity contribution in [3.8, 4) is 0 Å². The molecule has 0 spiro atoms. The predicted molar refractivity (Wildman–Crippen MR) is 107 cm³/mol. The molecule has 0 aliphatic carbocycles. The van der Waals surface area contributed by atoms with Crippen molar-refractivity contribution in [3.05, 3.63) is 102 Å². The molecule has 0 bridgehead atoms. The zero-order valence-electron chi connectivity index (χ0n) is 16.6. The van der Waals surface area contributed by atoms with Crippen LogP contribution in [0.15, 0.2) is 73.2 Å². The van der Waals surface area contributed by atoms with Crippen LogP contribution in [0.25, 0.3) is 0 Å². The Morgan fingerprint density at radius 3 is 2.19 bits per heavy atom. The van der Waals surface area contributed by atoms with Crippen LogP contribution in [0.3, 0.4) is 0 Å². The van der Waals surface area contributed by atoms with Gasteiger partial charge in [-0.15, -0.1) is 0 Å². The maximum Gasteiger partial charge on any atom is 0.352 e. The first kappa shape index (κ1) is 24.3. The van der Waals surface area contributed by atoms with Crippen molar-refractivity contribution in [1.82, 2.24) is 5.32 Å². The van der Waals surface area contributed by atoms with E-state index in [2.05, 4.69) is 18.5 Å². The number of benzene rings is 2. The van der Waals surface area contributed by atoms with E-state index in [4.69, 9.17) is 4.74 Å². The van der Waals surface area contributed by atoms with Gasteiger partial charge in [0.05, 0.1) is 18.4 Å². The first-order chi connectivity index (χ1) is 15.0. The van der Waals surface area contributed by atoms with Gasteiger partial charge in [0.1, 0.15) is 11.6 Å². The number of methoxy groups -OCH3 is 1. The molecule has 2 amide bonds. The van der Waals surface area contributed by atoms with Gasteiger partial charge >= 0.3 is 5.92 Å². The second kappa shape index (κ2) is 9.90. The molecule has 2 rings (SSSR count). The van der Waals surface area contributed by atoms with E-state index >= 15 is 0 Å². The van der Waals surface area contributed by atoms with E-state index in [1.165, 1.54) is 7.11 Å². The molecule has 2 N–H and O–H groups in total. The topological polar surface area (TPSA) is 67.4 Å². The summed E-state index contributed by atoms with van der Waals surface area (Å²) in [5, 5.41) is 4.03. The Labute approximate surface area is 179 Å². The van der Waals surface area contributed by atoms with Crippen LogP contribution >= 0.6 is 0 Å². The van der Waals surface area contributed by atoms with Gasteiger partial charge in [0.25, 0.3) is 11.8 Å². The van der Waals surface area contributed by atoms with Gasteiger partial charge < -0.3 is 15.4 Å². The van der Waals surface area contributed by atoms with Crippen molar-refractivity contribution in [2.24, 2.45) is 0 Å². The summed E-state index contributed by atoms with van der Waals surface area (Å²) >= 11 is 0. The Morgan fingerprint density at radius 2 is 1.62 bits per heavy atom. The third-order valence-corrected chi connectivity index (χ3v) is 4.15. The number of hydrogen-bond acceptors (Lipinski definition) is 3. The Hall–Kier alpha value is -3.95. The lowest BCUT2D eigenvalue weighted by atomic mass is 10.0. The van der Waals surface area contributed by atoms with Gasteiger partial charge in [-0.1, -0.05) is 13.2 Å². The van der Waals surface area contributed by atoms with E-state index in [-0.39, 0.29) is 17.1 Å². The number of allylic oxidation sites excluding steroid dienone is 2. The number of carbonyl (C=O) groups is 2. The molecule has 2 aromatic rings. The summed E-state index contributed by atoms with van der Waals surface area (Å²) in [4.78, 5) is 24.5. The summed E-state index contributed by atoms with van der Waals surface area (Å²) in [7, 11) is 1.21. The normalized spacial score (nSPS) is 11.8. The van der Waals surface area contributed by atoms with E-state index < -0.39 is 46.3 Å². The molecule has 0 saturated heterocycles. The summed E-state index contributed by atoms with van der Waals surface area (Å²) in [5.41, 5.74) is -2.24. The highest BCUT2D eigenvalue weighted by Gasteiger charge is 2.44. The number of anilines is 1. The van der Waals surface area contributed by atoms with Crippen LogP contribution in [0, 0.1) is 17.5 Å². The molecule has 5 nitrogen and oxygen atoms in total. The van der Waals surface area contributed by atoms with Gasteiger partial charge in [0.2, 0.25) is 0 Å². The van der Waals surface area contributed by atoms with Gasteiger partial charge in [0, 0.05) is 17.3 Å². The molecule has 0 heterocycles. The molecule has 168 valence electrons. The average Bonchev–Trinajstić information content (AvgIpc) is 2.76. The number of nitrogens with one attached hydrogen (secondary N) is 2. The van der Waals surface area contributed by atoms with Gasteiger partial charge in [0.15, 0.2) is 11.6 Å². The molecule has 10 heteroatoms. The zero-order chi connectivity index (χ0) is 24.1. The number of carbonyl (C=O) groups excluding carboxylic acids is 2. The quantitative estimate of drug-likeness (QED) is 0.344. The van der Waals surface area contributed by atoms with Crippen molar-refractivity contribution >= 4 is 17.5 Å². The molecule has 0 aromatic heterocycles. The van der Waals surface area contributed by atoms with E-state index in [0.717, 1.165) is 30.4 Å². The lowest BCUT2D eigenvalue weighted by Gasteiger charge is -2.19. The van der Waals surface area contributed by atoms with Crippen LogP contribution in [0.2, 0.25) is 0 Å². The molecule has 0 radical (unpaired) electrons. The molecule has 0 aliphatic rings. The third kappa shape index (κ3) is 5.20. The van der Waals surface area contributed by atoms with Crippen LogP contribution in [0.1, 0.15) is 15.9 Å². The maximum absolute atomic E-state index is 14.7. The molecule has 0 fully saturated rings.